The number of unbranched alkanes of at least 4 members (excludes halogenated alkanes) is 7. The van der Waals surface area contributed by atoms with Crippen LogP contribution in [0.15, 0.2) is 40.9 Å². The minimum atomic E-state index is -1.71. The fourth-order valence-corrected chi connectivity index (χ4v) is 5.34. The second-order valence-electron chi connectivity index (χ2n) is 9.94. The highest BCUT2D eigenvalue weighted by molar-refractivity contribution is 9.11. The van der Waals surface area contributed by atoms with Gasteiger partial charge in [0.15, 0.2) is 11.6 Å². The Hall–Kier alpha value is -2.07. The minimum Gasteiger partial charge on any atom is -0.447 e. The molecule has 2 N–H and O–H groups in total. The van der Waals surface area contributed by atoms with Gasteiger partial charge in [-0.1, -0.05) is 75.8 Å². The molecule has 0 unspecified atom stereocenters. The van der Waals surface area contributed by atoms with E-state index in [1.165, 1.54) is 6.08 Å². The van der Waals surface area contributed by atoms with Crippen molar-refractivity contribution in [3.8, 4) is 0 Å². The van der Waals surface area contributed by atoms with Gasteiger partial charge in [-0.3, -0.25) is 9.59 Å². The van der Waals surface area contributed by atoms with Gasteiger partial charge in [-0.25, -0.2) is 9.69 Å². The third kappa shape index (κ3) is 7.96. The van der Waals surface area contributed by atoms with Gasteiger partial charge in [-0.2, -0.15) is 0 Å². The van der Waals surface area contributed by atoms with Crippen molar-refractivity contribution in [2.75, 3.05) is 13.2 Å². The van der Waals surface area contributed by atoms with Crippen molar-refractivity contribution in [1.29, 1.82) is 0 Å². The lowest BCUT2D eigenvalue weighted by atomic mass is 9.93. The molecule has 2 heterocycles. The number of benzene rings is 1. The quantitative estimate of drug-likeness (QED) is 0.308. The van der Waals surface area contributed by atoms with E-state index in [-0.39, 0.29) is 24.1 Å². The monoisotopic (exact) mass is 579 g/mol. The first kappa shape index (κ1) is 29.5. The molecule has 2 aliphatic rings. The van der Waals surface area contributed by atoms with Crippen LogP contribution in [-0.2, 0) is 25.5 Å². The van der Waals surface area contributed by atoms with Gasteiger partial charge in [0.05, 0.1) is 16.4 Å². The number of hydrogen-bond donors (Lipinski definition) is 2. The van der Waals surface area contributed by atoms with E-state index in [0.717, 1.165) is 55.4 Å². The summed E-state index contributed by atoms with van der Waals surface area (Å²) in [4.78, 5) is 39.7. The molecule has 8 nitrogen and oxygen atoms in total. The molecule has 37 heavy (non-hydrogen) atoms. The number of ketones is 1. The lowest BCUT2D eigenvalue weighted by Gasteiger charge is -2.37. The average Bonchev–Trinajstić information content (AvgIpc) is 3.24. The Morgan fingerprint density at radius 3 is 2.35 bits per heavy atom. The van der Waals surface area contributed by atoms with Crippen LogP contribution in [0.2, 0.25) is 0 Å². The maximum Gasteiger partial charge on any atom is 0.416 e. The minimum absolute atomic E-state index is 0.0858. The molecule has 0 aliphatic carbocycles. The van der Waals surface area contributed by atoms with Crippen LogP contribution in [0.5, 0.6) is 0 Å². The van der Waals surface area contributed by atoms with E-state index in [1.807, 2.05) is 30.3 Å². The zero-order chi connectivity index (χ0) is 26.8. The van der Waals surface area contributed by atoms with Gasteiger partial charge in [-0.05, 0) is 46.8 Å². The molecule has 2 aliphatic heterocycles. The highest BCUT2D eigenvalue weighted by Gasteiger charge is 2.48. The first-order valence-corrected chi connectivity index (χ1v) is 14.0. The molecule has 3 rings (SSSR count). The maximum atomic E-state index is 13.4. The molecule has 9 heteroatoms. The standard InChI is InChI=1S/C28H38BrNO7/c1-20(26(33)30-22(19-36-27(30)34)17-21-13-9-8-10-14-21)25-23(32)18-24(29)28(35,37-25)15-11-6-4-2-3-5-7-12-16-31/h8-10,13-14,18,20,22,25,31,35H,2-7,11-12,15-17,19H2,1H3/t20-,22-,25+,28+/m0/s1. The van der Waals surface area contributed by atoms with Crippen molar-refractivity contribution in [1.82, 2.24) is 4.90 Å². The van der Waals surface area contributed by atoms with Crippen molar-refractivity contribution >= 4 is 33.7 Å². The van der Waals surface area contributed by atoms with Crippen LogP contribution >= 0.6 is 15.9 Å². The van der Waals surface area contributed by atoms with Crippen LogP contribution in [0.3, 0.4) is 0 Å². The van der Waals surface area contributed by atoms with E-state index in [9.17, 15) is 19.5 Å². The average molecular weight is 581 g/mol. The summed E-state index contributed by atoms with van der Waals surface area (Å²) in [6.07, 6.45) is 7.87. The molecule has 1 aromatic rings. The Balaban J connectivity index is 1.57. The van der Waals surface area contributed by atoms with E-state index in [2.05, 4.69) is 15.9 Å². The number of imide groups is 1. The van der Waals surface area contributed by atoms with Crippen molar-refractivity contribution in [2.24, 2.45) is 5.92 Å². The second-order valence-corrected chi connectivity index (χ2v) is 10.8. The van der Waals surface area contributed by atoms with Gasteiger partial charge in [0.1, 0.15) is 12.7 Å². The molecule has 4 atom stereocenters. The Morgan fingerprint density at radius 2 is 1.70 bits per heavy atom. The maximum absolute atomic E-state index is 13.4. The van der Waals surface area contributed by atoms with Gasteiger partial charge < -0.3 is 19.7 Å². The highest BCUT2D eigenvalue weighted by atomic mass is 79.9. The molecular weight excluding hydrogens is 542 g/mol. The summed E-state index contributed by atoms with van der Waals surface area (Å²) in [6.45, 7) is 1.87. The summed E-state index contributed by atoms with van der Waals surface area (Å²) >= 11 is 3.28. The third-order valence-electron chi connectivity index (χ3n) is 7.02. The molecule has 0 saturated carbocycles. The SMILES string of the molecule is C[C@H](C(=O)N1C(=O)OC[C@@H]1Cc1ccccc1)[C@H]1O[C@](O)(CCCCCCCCCCO)C(Br)=CC1=O. The summed E-state index contributed by atoms with van der Waals surface area (Å²) in [5, 5.41) is 20.0. The number of halogens is 1. The van der Waals surface area contributed by atoms with Crippen LogP contribution in [0.1, 0.15) is 70.3 Å². The van der Waals surface area contributed by atoms with E-state index >= 15 is 0 Å². The van der Waals surface area contributed by atoms with Gasteiger partial charge in [0, 0.05) is 13.0 Å². The lowest BCUT2D eigenvalue weighted by molar-refractivity contribution is -0.217. The smallest absolute Gasteiger partial charge is 0.416 e. The summed E-state index contributed by atoms with van der Waals surface area (Å²) in [5.74, 6) is -3.69. The van der Waals surface area contributed by atoms with Crippen LogP contribution < -0.4 is 0 Å². The highest BCUT2D eigenvalue weighted by Crippen LogP contribution is 2.37. The number of cyclic esters (lactones) is 1. The van der Waals surface area contributed by atoms with Gasteiger partial charge in [-0.15, -0.1) is 0 Å². The normalized spacial score (nSPS) is 24.6. The van der Waals surface area contributed by atoms with Crippen LogP contribution in [0, 0.1) is 5.92 Å². The Morgan fingerprint density at radius 1 is 1.08 bits per heavy atom. The van der Waals surface area contributed by atoms with Crippen molar-refractivity contribution in [3.63, 3.8) is 0 Å². The zero-order valence-corrected chi connectivity index (χ0v) is 23.0. The zero-order valence-electron chi connectivity index (χ0n) is 21.4. The predicted molar refractivity (Wildman–Crippen MR) is 142 cm³/mol. The van der Waals surface area contributed by atoms with Gasteiger partial charge in [0.2, 0.25) is 5.91 Å². The summed E-state index contributed by atoms with van der Waals surface area (Å²) in [7, 11) is 0. The molecule has 204 valence electrons. The number of carbonyl (C=O) groups is 3. The second kappa shape index (κ2) is 14.2. The fraction of sp³-hybridized carbons (Fsp3) is 0.607. The summed E-state index contributed by atoms with van der Waals surface area (Å²) in [5.41, 5.74) is 0.965. The third-order valence-corrected chi connectivity index (χ3v) is 7.87. The topological polar surface area (TPSA) is 113 Å². The summed E-state index contributed by atoms with van der Waals surface area (Å²) < 4.78 is 11.3. The Labute approximate surface area is 227 Å². The van der Waals surface area contributed by atoms with Crippen LogP contribution in [0.25, 0.3) is 0 Å². The number of aliphatic hydroxyl groups is 2. The molecule has 2 amide bonds. The molecule has 0 radical (unpaired) electrons. The molecule has 0 aromatic heterocycles. The molecule has 1 fully saturated rings. The van der Waals surface area contributed by atoms with Crippen LogP contribution in [0.4, 0.5) is 4.79 Å². The number of carbonyl (C=O) groups excluding carboxylic acids is 3. The summed E-state index contributed by atoms with van der Waals surface area (Å²) in [6, 6.07) is 9.03. The van der Waals surface area contributed by atoms with Crippen molar-refractivity contribution < 1.29 is 34.1 Å². The lowest BCUT2D eigenvalue weighted by Crippen LogP contribution is -2.52. The molecule has 0 bridgehead atoms. The van der Waals surface area contributed by atoms with Gasteiger partial charge in [0.25, 0.3) is 0 Å². The number of rotatable bonds is 14. The van der Waals surface area contributed by atoms with E-state index in [0.29, 0.717) is 12.8 Å². The predicted octanol–water partition coefficient (Wildman–Crippen LogP) is 4.65. The Kier molecular flexibility index (Phi) is 11.3. The van der Waals surface area contributed by atoms with Crippen molar-refractivity contribution in [3.05, 3.63) is 46.5 Å². The number of amides is 2. The molecule has 0 spiro atoms. The number of hydrogen-bond acceptors (Lipinski definition) is 7. The number of aliphatic hydroxyl groups excluding tert-OH is 1. The van der Waals surface area contributed by atoms with Gasteiger partial charge >= 0.3 is 6.09 Å². The largest absolute Gasteiger partial charge is 0.447 e. The molecule has 1 saturated heterocycles. The molecule has 1 aromatic carbocycles. The Bertz CT molecular complexity index is 953. The van der Waals surface area contributed by atoms with Crippen molar-refractivity contribution in [2.45, 2.75) is 89.1 Å². The number of ether oxygens (including phenoxy) is 2. The first-order valence-electron chi connectivity index (χ1n) is 13.2. The van der Waals surface area contributed by atoms with E-state index in [1.54, 1.807) is 6.92 Å². The first-order chi connectivity index (χ1) is 17.8. The molecular formula is C28H38BrNO7. The number of nitrogens with zero attached hydrogens (tertiary/aromatic N) is 1. The van der Waals surface area contributed by atoms with E-state index < -0.39 is 41.6 Å². The van der Waals surface area contributed by atoms with E-state index in [4.69, 9.17) is 14.6 Å². The van der Waals surface area contributed by atoms with Crippen LogP contribution in [-0.4, -0.2) is 64.0 Å². The fourth-order valence-electron chi connectivity index (χ4n) is 4.82.